The normalized spacial score (nSPS) is 10.8. The quantitative estimate of drug-likeness (QED) is 0.631. The van der Waals surface area contributed by atoms with Gasteiger partial charge in [-0.25, -0.2) is 0 Å². The van der Waals surface area contributed by atoms with Gasteiger partial charge in [0.2, 0.25) is 0 Å². The van der Waals surface area contributed by atoms with Gasteiger partial charge in [-0.3, -0.25) is 4.79 Å². The van der Waals surface area contributed by atoms with E-state index in [4.69, 9.17) is 0 Å². The topological polar surface area (TPSA) is 42.9 Å². The van der Waals surface area contributed by atoms with Gasteiger partial charge < -0.3 is 0 Å². The summed E-state index contributed by atoms with van der Waals surface area (Å²) in [5, 5.41) is 8.92. The van der Waals surface area contributed by atoms with E-state index in [9.17, 15) is 4.79 Å². The molecule has 0 aliphatic carbocycles. The zero-order valence-corrected chi connectivity index (χ0v) is 14.0. The van der Waals surface area contributed by atoms with Gasteiger partial charge in [0.15, 0.2) is 10.1 Å². The molecular weight excluding hydrogens is 288 g/mol. The molecule has 1 aromatic carbocycles. The number of ketones is 1. The summed E-state index contributed by atoms with van der Waals surface area (Å²) in [5.74, 6) is 0.573. The summed E-state index contributed by atoms with van der Waals surface area (Å²) < 4.78 is 0.856. The van der Waals surface area contributed by atoms with E-state index in [2.05, 4.69) is 31.0 Å². The second-order valence-corrected chi connectivity index (χ2v) is 7.32. The Morgan fingerprint density at radius 2 is 1.80 bits per heavy atom. The van der Waals surface area contributed by atoms with Gasteiger partial charge in [-0.05, 0) is 62.9 Å². The highest BCUT2D eigenvalue weighted by Crippen LogP contribution is 2.26. The van der Waals surface area contributed by atoms with Crippen LogP contribution in [-0.2, 0) is 0 Å². The van der Waals surface area contributed by atoms with E-state index < -0.39 is 0 Å². The van der Waals surface area contributed by atoms with Gasteiger partial charge in [-0.15, -0.1) is 10.2 Å². The Kier molecular flexibility index (Phi) is 4.60. The first-order valence-corrected chi connectivity index (χ1v) is 8.24. The first-order valence-electron chi connectivity index (χ1n) is 6.43. The minimum atomic E-state index is 0.159. The Morgan fingerprint density at radius 3 is 2.40 bits per heavy atom. The molecule has 0 amide bonds. The summed E-state index contributed by atoms with van der Waals surface area (Å²) in [4.78, 5) is 12.4. The number of hydrogen-bond donors (Lipinski definition) is 0. The monoisotopic (exact) mass is 306 g/mol. The van der Waals surface area contributed by atoms with Crippen molar-refractivity contribution in [2.45, 2.75) is 39.0 Å². The van der Waals surface area contributed by atoms with Crippen molar-refractivity contribution < 1.29 is 4.79 Å². The maximum Gasteiger partial charge on any atom is 0.174 e. The Morgan fingerprint density at radius 1 is 1.10 bits per heavy atom. The molecule has 0 aliphatic heterocycles. The fraction of sp³-hybridized carbons (Fsp3) is 0.400. The average molecular weight is 306 g/mol. The molecule has 2 rings (SSSR count). The van der Waals surface area contributed by atoms with Crippen molar-refractivity contribution >= 4 is 28.9 Å². The summed E-state index contributed by atoms with van der Waals surface area (Å²) in [6, 6.07) is 2.01. The lowest BCUT2D eigenvalue weighted by Crippen LogP contribution is -2.08. The number of rotatable bonds is 4. The molecule has 2 aromatic rings. The van der Waals surface area contributed by atoms with Crippen LogP contribution in [-0.4, -0.2) is 21.7 Å². The highest BCUT2D eigenvalue weighted by atomic mass is 32.2. The van der Waals surface area contributed by atoms with Gasteiger partial charge in [0, 0.05) is 5.56 Å². The van der Waals surface area contributed by atoms with Crippen molar-refractivity contribution in [3.63, 3.8) is 0 Å². The Hall–Kier alpha value is -1.20. The average Bonchev–Trinajstić information content (AvgIpc) is 2.83. The van der Waals surface area contributed by atoms with Crippen LogP contribution in [0.3, 0.4) is 0 Å². The Labute approximate surface area is 127 Å². The molecule has 0 radical (unpaired) electrons. The van der Waals surface area contributed by atoms with Crippen LogP contribution in [0.2, 0.25) is 0 Å². The molecule has 0 aliphatic rings. The third-order valence-electron chi connectivity index (χ3n) is 3.62. The minimum Gasteiger partial charge on any atom is -0.293 e. The van der Waals surface area contributed by atoms with Gasteiger partial charge in [0.05, 0.1) is 5.75 Å². The summed E-state index contributed by atoms with van der Waals surface area (Å²) in [6.07, 6.45) is 0. The lowest BCUT2D eigenvalue weighted by atomic mass is 9.93. The number of thioether (sulfide) groups is 1. The van der Waals surface area contributed by atoms with Crippen molar-refractivity contribution in [1.29, 1.82) is 0 Å². The lowest BCUT2D eigenvalue weighted by Gasteiger charge is -2.13. The number of carbonyl (C=O) groups is 1. The van der Waals surface area contributed by atoms with Crippen molar-refractivity contribution in [3.05, 3.63) is 38.9 Å². The smallest absolute Gasteiger partial charge is 0.174 e. The summed E-state index contributed by atoms with van der Waals surface area (Å²) in [7, 11) is 0. The Bertz CT molecular complexity index is 662. The van der Waals surface area contributed by atoms with Gasteiger partial charge >= 0.3 is 0 Å². The van der Waals surface area contributed by atoms with Crippen LogP contribution in [0.4, 0.5) is 0 Å². The van der Waals surface area contributed by atoms with Crippen molar-refractivity contribution in [2.75, 3.05) is 5.75 Å². The first-order chi connectivity index (χ1) is 9.40. The van der Waals surface area contributed by atoms with E-state index in [0.717, 1.165) is 20.5 Å². The summed E-state index contributed by atoms with van der Waals surface area (Å²) in [6.45, 7) is 10.2. The van der Waals surface area contributed by atoms with Crippen LogP contribution in [0.15, 0.2) is 10.4 Å². The maximum absolute atomic E-state index is 12.4. The second-order valence-electron chi connectivity index (χ2n) is 4.91. The van der Waals surface area contributed by atoms with E-state index in [1.54, 1.807) is 0 Å². The molecule has 0 bridgehead atoms. The fourth-order valence-electron chi connectivity index (χ4n) is 2.04. The number of aromatic nitrogens is 2. The van der Waals surface area contributed by atoms with Crippen LogP contribution in [0.1, 0.15) is 37.6 Å². The molecule has 1 heterocycles. The van der Waals surface area contributed by atoms with Crippen molar-refractivity contribution in [1.82, 2.24) is 10.2 Å². The van der Waals surface area contributed by atoms with Crippen LogP contribution in [0, 0.1) is 34.6 Å². The van der Waals surface area contributed by atoms with E-state index in [0.29, 0.717) is 5.75 Å². The number of Topliss-reactive ketones (excluding diaryl/α,β-unsaturated/α-hetero) is 1. The third kappa shape index (κ3) is 3.10. The standard InChI is InChI=1S/C15H18N2OS2/c1-8-6-13(11(4)10(3)9(8)2)14(18)7-19-15-17-16-12(5)20-15/h6H,7H2,1-5H3. The number of aryl methyl sites for hydroxylation is 2. The van der Waals surface area contributed by atoms with E-state index in [1.165, 1.54) is 39.8 Å². The highest BCUT2D eigenvalue weighted by molar-refractivity contribution is 8.01. The van der Waals surface area contributed by atoms with Gasteiger partial charge in [0.25, 0.3) is 0 Å². The molecule has 1 aromatic heterocycles. The zero-order valence-electron chi connectivity index (χ0n) is 12.4. The molecule has 0 atom stereocenters. The predicted molar refractivity (Wildman–Crippen MR) is 85.1 cm³/mol. The van der Waals surface area contributed by atoms with E-state index in [1.807, 2.05) is 19.9 Å². The predicted octanol–water partition coefficient (Wildman–Crippen LogP) is 4.06. The lowest BCUT2D eigenvalue weighted by molar-refractivity contribution is 0.102. The molecule has 0 N–H and O–H groups in total. The van der Waals surface area contributed by atoms with Crippen LogP contribution < -0.4 is 0 Å². The number of nitrogens with zero attached hydrogens (tertiary/aromatic N) is 2. The fourth-order valence-corrected chi connectivity index (χ4v) is 3.74. The number of hydrogen-bond acceptors (Lipinski definition) is 5. The number of carbonyl (C=O) groups excluding carboxylic acids is 1. The second kappa shape index (κ2) is 6.06. The summed E-state index contributed by atoms with van der Waals surface area (Å²) in [5.41, 5.74) is 5.58. The van der Waals surface area contributed by atoms with Crippen molar-refractivity contribution in [2.24, 2.45) is 0 Å². The molecular formula is C15H18N2OS2. The molecule has 106 valence electrons. The molecule has 5 heteroatoms. The van der Waals surface area contributed by atoms with Crippen LogP contribution in [0.25, 0.3) is 0 Å². The Balaban J connectivity index is 2.17. The van der Waals surface area contributed by atoms with Crippen LogP contribution in [0.5, 0.6) is 0 Å². The van der Waals surface area contributed by atoms with Gasteiger partial charge in [0.1, 0.15) is 5.01 Å². The largest absolute Gasteiger partial charge is 0.293 e. The molecule has 0 saturated carbocycles. The molecule has 0 fully saturated rings. The maximum atomic E-state index is 12.4. The van der Waals surface area contributed by atoms with Crippen LogP contribution >= 0.6 is 23.1 Å². The van der Waals surface area contributed by atoms with E-state index >= 15 is 0 Å². The molecule has 20 heavy (non-hydrogen) atoms. The molecule has 3 nitrogen and oxygen atoms in total. The van der Waals surface area contributed by atoms with Gasteiger partial charge in [-0.1, -0.05) is 23.1 Å². The molecule has 0 spiro atoms. The van der Waals surface area contributed by atoms with Crippen molar-refractivity contribution in [3.8, 4) is 0 Å². The SMILES string of the molecule is Cc1nnc(SCC(=O)c2cc(C)c(C)c(C)c2C)s1. The molecule has 0 saturated heterocycles. The highest BCUT2D eigenvalue weighted by Gasteiger charge is 2.15. The van der Waals surface area contributed by atoms with E-state index in [-0.39, 0.29) is 5.78 Å². The summed E-state index contributed by atoms with van der Waals surface area (Å²) >= 11 is 2.99. The third-order valence-corrected chi connectivity index (χ3v) is 5.59. The zero-order chi connectivity index (χ0) is 14.9. The molecule has 0 unspecified atom stereocenters. The number of benzene rings is 1. The van der Waals surface area contributed by atoms with Gasteiger partial charge in [-0.2, -0.15) is 0 Å². The minimum absolute atomic E-state index is 0.159. The first kappa shape index (κ1) is 15.2.